The third-order valence-electron chi connectivity index (χ3n) is 5.59. The highest BCUT2D eigenvalue weighted by Crippen LogP contribution is 2.36. The van der Waals surface area contributed by atoms with Crippen molar-refractivity contribution in [2.24, 2.45) is 5.92 Å². The van der Waals surface area contributed by atoms with Crippen molar-refractivity contribution in [3.63, 3.8) is 0 Å². The lowest BCUT2D eigenvalue weighted by Gasteiger charge is -2.42. The van der Waals surface area contributed by atoms with Gasteiger partial charge in [0.05, 0.1) is 13.7 Å². The molecule has 1 heterocycles. The fourth-order valence-electron chi connectivity index (χ4n) is 4.23. The minimum absolute atomic E-state index is 0.0132. The standard InChI is InChI=1S/C20H28N2O3/c1-14(23)21-12-20(24)22-13-17-10-18(25-2)9-8-16(17)11-19(22)15-6-4-3-5-7-15/h8-10,15,19H,3-7,11-13H2,1-2H3,(H,21,23). The number of benzene rings is 1. The van der Waals surface area contributed by atoms with Crippen molar-refractivity contribution in [2.75, 3.05) is 13.7 Å². The van der Waals surface area contributed by atoms with Gasteiger partial charge in [-0.1, -0.05) is 25.3 Å². The molecule has 0 aromatic heterocycles. The van der Waals surface area contributed by atoms with Crippen molar-refractivity contribution in [3.05, 3.63) is 29.3 Å². The van der Waals surface area contributed by atoms with Crippen LogP contribution < -0.4 is 10.1 Å². The molecule has 2 amide bonds. The number of amides is 2. The second-order valence-electron chi connectivity index (χ2n) is 7.24. The van der Waals surface area contributed by atoms with Crippen molar-refractivity contribution >= 4 is 11.8 Å². The highest BCUT2D eigenvalue weighted by atomic mass is 16.5. The lowest BCUT2D eigenvalue weighted by molar-refractivity contribution is -0.137. The van der Waals surface area contributed by atoms with E-state index in [0.29, 0.717) is 12.5 Å². The third-order valence-corrected chi connectivity index (χ3v) is 5.59. The predicted octanol–water partition coefficient (Wildman–Crippen LogP) is 2.66. The predicted molar refractivity (Wildman–Crippen MR) is 96.3 cm³/mol. The van der Waals surface area contributed by atoms with Crippen LogP contribution in [0, 0.1) is 5.92 Å². The summed E-state index contributed by atoms with van der Waals surface area (Å²) >= 11 is 0. The van der Waals surface area contributed by atoms with Crippen LogP contribution in [0.15, 0.2) is 18.2 Å². The van der Waals surface area contributed by atoms with Gasteiger partial charge in [-0.3, -0.25) is 9.59 Å². The van der Waals surface area contributed by atoms with Crippen LogP contribution in [0.2, 0.25) is 0 Å². The van der Waals surface area contributed by atoms with Gasteiger partial charge in [-0.25, -0.2) is 0 Å². The number of fused-ring (bicyclic) bond motifs is 1. The minimum atomic E-state index is -0.165. The number of ether oxygens (including phenoxy) is 1. The van der Waals surface area contributed by atoms with Gasteiger partial charge < -0.3 is 15.0 Å². The molecule has 0 saturated heterocycles. The monoisotopic (exact) mass is 344 g/mol. The molecule has 5 nitrogen and oxygen atoms in total. The van der Waals surface area contributed by atoms with Gasteiger partial charge in [-0.15, -0.1) is 0 Å². The Bertz CT molecular complexity index is 638. The number of hydrogen-bond donors (Lipinski definition) is 1. The van der Waals surface area contributed by atoms with Crippen molar-refractivity contribution in [2.45, 2.75) is 58.0 Å². The molecule has 1 aromatic carbocycles. The van der Waals surface area contributed by atoms with Gasteiger partial charge >= 0.3 is 0 Å². The average molecular weight is 344 g/mol. The van der Waals surface area contributed by atoms with Crippen molar-refractivity contribution in [1.29, 1.82) is 0 Å². The zero-order valence-corrected chi connectivity index (χ0v) is 15.2. The molecule has 0 radical (unpaired) electrons. The van der Waals surface area contributed by atoms with Crippen molar-refractivity contribution in [3.8, 4) is 5.75 Å². The maximum atomic E-state index is 12.8. The number of rotatable bonds is 4. The average Bonchev–Trinajstić information content (AvgIpc) is 2.65. The molecule has 1 aromatic rings. The quantitative estimate of drug-likeness (QED) is 0.913. The minimum Gasteiger partial charge on any atom is -0.497 e. The molecule has 1 saturated carbocycles. The van der Waals surface area contributed by atoms with Crippen LogP contribution in [0.25, 0.3) is 0 Å². The Morgan fingerprint density at radius 3 is 2.64 bits per heavy atom. The molecule has 1 unspecified atom stereocenters. The molecule has 136 valence electrons. The third kappa shape index (κ3) is 4.14. The largest absolute Gasteiger partial charge is 0.497 e. The summed E-state index contributed by atoms with van der Waals surface area (Å²) < 4.78 is 5.34. The molecular weight excluding hydrogens is 316 g/mol. The van der Waals surface area contributed by atoms with Gasteiger partial charge in [0.25, 0.3) is 0 Å². The summed E-state index contributed by atoms with van der Waals surface area (Å²) in [5.74, 6) is 1.23. The first-order chi connectivity index (χ1) is 12.1. The van der Waals surface area contributed by atoms with E-state index in [9.17, 15) is 9.59 Å². The molecule has 1 aliphatic carbocycles. The van der Waals surface area contributed by atoms with Crippen molar-refractivity contribution in [1.82, 2.24) is 10.2 Å². The summed E-state index contributed by atoms with van der Waals surface area (Å²) in [4.78, 5) is 26.0. The second kappa shape index (κ2) is 7.89. The molecule has 5 heteroatoms. The normalized spacial score (nSPS) is 20.7. The first-order valence-electron chi connectivity index (χ1n) is 9.28. The summed E-state index contributed by atoms with van der Waals surface area (Å²) in [7, 11) is 1.66. The maximum absolute atomic E-state index is 12.8. The van der Waals surface area contributed by atoms with Crippen LogP contribution in [0.4, 0.5) is 0 Å². The lowest BCUT2D eigenvalue weighted by Crippen LogP contribution is -2.51. The van der Waals surface area contributed by atoms with Gasteiger partial charge in [0, 0.05) is 19.5 Å². The van der Waals surface area contributed by atoms with Crippen molar-refractivity contribution < 1.29 is 14.3 Å². The molecule has 25 heavy (non-hydrogen) atoms. The zero-order chi connectivity index (χ0) is 17.8. The van der Waals surface area contributed by atoms with E-state index in [2.05, 4.69) is 11.4 Å². The Balaban J connectivity index is 1.83. The van der Waals surface area contributed by atoms with Gasteiger partial charge in [0.2, 0.25) is 11.8 Å². The summed E-state index contributed by atoms with van der Waals surface area (Å²) in [5.41, 5.74) is 2.47. The molecule has 3 rings (SSSR count). The number of nitrogens with one attached hydrogen (secondary N) is 1. The van der Waals surface area contributed by atoms with Crippen LogP contribution >= 0.6 is 0 Å². The number of nitrogens with zero attached hydrogens (tertiary/aromatic N) is 1. The Kier molecular flexibility index (Phi) is 5.61. The van der Waals surface area contributed by atoms with Gasteiger partial charge in [-0.2, -0.15) is 0 Å². The molecule has 1 fully saturated rings. The highest BCUT2D eigenvalue weighted by molar-refractivity contribution is 5.84. The molecule has 0 bridgehead atoms. The number of carbonyl (C=O) groups excluding carboxylic acids is 2. The first kappa shape index (κ1) is 17.8. The molecular formula is C20H28N2O3. The Morgan fingerprint density at radius 2 is 1.96 bits per heavy atom. The van der Waals surface area contributed by atoms with E-state index >= 15 is 0 Å². The van der Waals surface area contributed by atoms with E-state index in [4.69, 9.17) is 4.74 Å². The molecule has 1 aliphatic heterocycles. The molecule has 1 atom stereocenters. The molecule has 0 spiro atoms. The number of carbonyl (C=O) groups is 2. The fraction of sp³-hybridized carbons (Fsp3) is 0.600. The molecule has 2 aliphatic rings. The summed E-state index contributed by atoms with van der Waals surface area (Å²) in [6.07, 6.45) is 7.10. The van der Waals surface area contributed by atoms with E-state index < -0.39 is 0 Å². The Morgan fingerprint density at radius 1 is 1.20 bits per heavy atom. The maximum Gasteiger partial charge on any atom is 0.242 e. The van der Waals surface area contributed by atoms with E-state index in [0.717, 1.165) is 17.7 Å². The SMILES string of the molecule is COc1ccc2c(c1)CN(C(=O)CNC(C)=O)C(C1CCCCC1)C2. The smallest absolute Gasteiger partial charge is 0.242 e. The Labute approximate surface area is 149 Å². The van der Waals surface area contributed by atoms with E-state index in [1.54, 1.807) is 7.11 Å². The second-order valence-corrected chi connectivity index (χ2v) is 7.24. The highest BCUT2D eigenvalue weighted by Gasteiger charge is 2.35. The van der Waals surface area contributed by atoms with E-state index in [1.165, 1.54) is 44.6 Å². The van der Waals surface area contributed by atoms with Gasteiger partial charge in [0.1, 0.15) is 5.75 Å². The summed E-state index contributed by atoms with van der Waals surface area (Å²) in [6, 6.07) is 6.42. The summed E-state index contributed by atoms with van der Waals surface area (Å²) in [6.45, 7) is 2.13. The fourth-order valence-corrected chi connectivity index (χ4v) is 4.23. The Hall–Kier alpha value is -2.04. The van der Waals surface area contributed by atoms with Gasteiger partial charge in [-0.05, 0) is 48.4 Å². The zero-order valence-electron chi connectivity index (χ0n) is 15.2. The van der Waals surface area contributed by atoms with Crippen LogP contribution in [-0.4, -0.2) is 36.4 Å². The van der Waals surface area contributed by atoms with E-state index in [-0.39, 0.29) is 24.4 Å². The number of hydrogen-bond acceptors (Lipinski definition) is 3. The topological polar surface area (TPSA) is 58.6 Å². The lowest BCUT2D eigenvalue weighted by atomic mass is 9.78. The van der Waals surface area contributed by atoms with Gasteiger partial charge in [0.15, 0.2) is 0 Å². The van der Waals surface area contributed by atoms with Crippen LogP contribution in [0.1, 0.15) is 50.2 Å². The van der Waals surface area contributed by atoms with Crippen LogP contribution in [0.3, 0.4) is 0 Å². The summed E-state index contributed by atoms with van der Waals surface area (Å²) in [5, 5.41) is 2.66. The van der Waals surface area contributed by atoms with Crippen LogP contribution in [-0.2, 0) is 22.6 Å². The van der Waals surface area contributed by atoms with E-state index in [1.807, 2.05) is 17.0 Å². The molecule has 1 N–H and O–H groups in total. The van der Waals surface area contributed by atoms with Crippen LogP contribution in [0.5, 0.6) is 5.75 Å². The first-order valence-corrected chi connectivity index (χ1v) is 9.28. The number of methoxy groups -OCH3 is 1.